The lowest BCUT2D eigenvalue weighted by Crippen LogP contribution is -2.44. The van der Waals surface area contributed by atoms with Crippen molar-refractivity contribution in [3.63, 3.8) is 0 Å². The van der Waals surface area contributed by atoms with Crippen LogP contribution in [0.2, 0.25) is 0 Å². The van der Waals surface area contributed by atoms with Crippen molar-refractivity contribution < 1.29 is 4.79 Å². The van der Waals surface area contributed by atoms with Crippen LogP contribution in [0.3, 0.4) is 0 Å². The fourth-order valence-electron chi connectivity index (χ4n) is 4.67. The van der Waals surface area contributed by atoms with Gasteiger partial charge >= 0.3 is 0 Å². The average Bonchev–Trinajstić information content (AvgIpc) is 3.11. The molecule has 1 heterocycles. The molecular weight excluding hydrogens is 358 g/mol. The zero-order valence-electron chi connectivity index (χ0n) is 19.1. The average molecular weight is 398 g/mol. The van der Waals surface area contributed by atoms with Crippen molar-refractivity contribution in [2.75, 3.05) is 13.6 Å². The molecule has 3 unspecified atom stereocenters. The Morgan fingerprint density at radius 1 is 1.21 bits per heavy atom. The molecule has 1 amide bonds. The van der Waals surface area contributed by atoms with Crippen LogP contribution in [0.15, 0.2) is 54.9 Å². The summed E-state index contributed by atoms with van der Waals surface area (Å²) in [6, 6.07) is 10.9. The third-order valence-corrected chi connectivity index (χ3v) is 5.92. The number of rotatable bonds is 9. The maximum atomic E-state index is 12.7. The van der Waals surface area contributed by atoms with Crippen LogP contribution < -0.4 is 5.32 Å². The van der Waals surface area contributed by atoms with Crippen molar-refractivity contribution in [2.24, 2.45) is 11.8 Å². The van der Waals surface area contributed by atoms with Crippen LogP contribution in [-0.4, -0.2) is 41.4 Å². The van der Waals surface area contributed by atoms with E-state index in [0.717, 1.165) is 24.4 Å². The molecule has 1 aliphatic heterocycles. The van der Waals surface area contributed by atoms with Gasteiger partial charge in [-0.2, -0.15) is 0 Å². The van der Waals surface area contributed by atoms with Crippen LogP contribution in [0.5, 0.6) is 0 Å². The fourth-order valence-corrected chi connectivity index (χ4v) is 4.67. The highest BCUT2D eigenvalue weighted by Crippen LogP contribution is 2.42. The minimum absolute atomic E-state index is 0.0396. The number of carbonyl (C=O) groups is 1. The highest BCUT2D eigenvalue weighted by atomic mass is 16.2. The number of hydrogen-bond acceptors (Lipinski definition) is 3. The van der Waals surface area contributed by atoms with Crippen molar-refractivity contribution in [3.8, 4) is 0 Å². The second kappa shape index (κ2) is 10.00. The van der Waals surface area contributed by atoms with E-state index in [4.69, 9.17) is 0 Å². The van der Waals surface area contributed by atoms with E-state index in [0.29, 0.717) is 18.4 Å². The first-order valence-corrected chi connectivity index (χ1v) is 10.9. The number of amides is 1. The van der Waals surface area contributed by atoms with E-state index in [1.807, 2.05) is 17.9 Å². The van der Waals surface area contributed by atoms with Gasteiger partial charge in [0.1, 0.15) is 0 Å². The van der Waals surface area contributed by atoms with Gasteiger partial charge in [-0.15, -0.1) is 0 Å². The summed E-state index contributed by atoms with van der Waals surface area (Å²) >= 11 is 0. The van der Waals surface area contributed by atoms with Crippen molar-refractivity contribution in [2.45, 2.75) is 65.6 Å². The molecule has 1 aromatic carbocycles. The van der Waals surface area contributed by atoms with Gasteiger partial charge < -0.3 is 15.1 Å². The summed E-state index contributed by atoms with van der Waals surface area (Å²) in [5, 5.41) is 3.49. The van der Waals surface area contributed by atoms with Gasteiger partial charge in [0.2, 0.25) is 5.91 Å². The van der Waals surface area contributed by atoms with Crippen molar-refractivity contribution in [1.29, 1.82) is 0 Å². The standard InChI is InChI=1S/C25H39N3O/c1-9-23(29)28-16-15-22(25(28)21-13-11-10-12-14-21)20(7)27(8)24(17(2)3)19(6)26-18(4)5/h10-14,17-18,22,24-26H,6-7,9,15-16H2,1-5,8H3. The molecule has 1 aliphatic rings. The summed E-state index contributed by atoms with van der Waals surface area (Å²) in [6.07, 6.45) is 1.46. The highest BCUT2D eigenvalue weighted by molar-refractivity contribution is 5.77. The molecule has 3 atom stereocenters. The third-order valence-electron chi connectivity index (χ3n) is 5.92. The van der Waals surface area contributed by atoms with E-state index in [1.165, 1.54) is 5.56 Å². The molecule has 0 spiro atoms. The zero-order chi connectivity index (χ0) is 21.7. The van der Waals surface area contributed by atoms with Crippen LogP contribution in [-0.2, 0) is 4.79 Å². The molecule has 0 bridgehead atoms. The van der Waals surface area contributed by atoms with Crippen LogP contribution in [0.1, 0.15) is 59.1 Å². The summed E-state index contributed by atoms with van der Waals surface area (Å²) in [5.41, 5.74) is 3.29. The number of nitrogens with zero attached hydrogens (tertiary/aromatic N) is 2. The Morgan fingerprint density at radius 3 is 2.34 bits per heavy atom. The molecule has 1 N–H and O–H groups in total. The van der Waals surface area contributed by atoms with E-state index in [-0.39, 0.29) is 23.9 Å². The molecule has 160 valence electrons. The van der Waals surface area contributed by atoms with Gasteiger partial charge in [0, 0.05) is 43.4 Å². The van der Waals surface area contributed by atoms with Gasteiger partial charge in [-0.25, -0.2) is 0 Å². The molecule has 1 aromatic rings. The molecule has 4 nitrogen and oxygen atoms in total. The highest BCUT2D eigenvalue weighted by Gasteiger charge is 2.41. The second-order valence-electron chi connectivity index (χ2n) is 8.81. The van der Waals surface area contributed by atoms with E-state index < -0.39 is 0 Å². The Labute approximate surface area is 177 Å². The molecule has 0 aromatic heterocycles. The lowest BCUT2D eigenvalue weighted by Gasteiger charge is -2.40. The molecule has 1 saturated heterocycles. The van der Waals surface area contributed by atoms with Gasteiger partial charge in [0.25, 0.3) is 0 Å². The summed E-state index contributed by atoms with van der Waals surface area (Å²) in [7, 11) is 2.12. The smallest absolute Gasteiger partial charge is 0.222 e. The van der Waals surface area contributed by atoms with E-state index >= 15 is 0 Å². The predicted octanol–water partition coefficient (Wildman–Crippen LogP) is 4.97. The molecule has 1 fully saturated rings. The number of carbonyl (C=O) groups excluding carboxylic acids is 1. The zero-order valence-corrected chi connectivity index (χ0v) is 19.1. The minimum Gasteiger partial charge on any atom is -0.385 e. The quantitative estimate of drug-likeness (QED) is 0.639. The normalized spacial score (nSPS) is 20.1. The first-order chi connectivity index (χ1) is 13.7. The lowest BCUT2D eigenvalue weighted by atomic mass is 9.89. The monoisotopic (exact) mass is 397 g/mol. The number of hydrogen-bond donors (Lipinski definition) is 1. The Balaban J connectivity index is 2.33. The summed E-state index contributed by atoms with van der Waals surface area (Å²) < 4.78 is 0. The molecule has 2 rings (SSSR count). The Bertz CT molecular complexity index is 710. The summed E-state index contributed by atoms with van der Waals surface area (Å²) in [4.78, 5) is 17.0. The van der Waals surface area contributed by atoms with E-state index in [2.05, 4.69) is 82.4 Å². The maximum absolute atomic E-state index is 12.7. The molecule has 0 saturated carbocycles. The molecule has 4 heteroatoms. The SMILES string of the molecule is C=C(NC(C)C)C(C(C)C)N(C)C(=C)C1CCN(C(=O)CC)C1c1ccccc1. The molecule has 29 heavy (non-hydrogen) atoms. The van der Waals surface area contributed by atoms with Gasteiger partial charge in [0.05, 0.1) is 12.1 Å². The van der Waals surface area contributed by atoms with Crippen molar-refractivity contribution >= 4 is 5.91 Å². The van der Waals surface area contributed by atoms with Gasteiger partial charge in [-0.05, 0) is 31.7 Å². The Hall–Kier alpha value is -2.23. The van der Waals surface area contributed by atoms with Gasteiger partial charge in [-0.3, -0.25) is 4.79 Å². The minimum atomic E-state index is 0.0396. The topological polar surface area (TPSA) is 35.6 Å². The predicted molar refractivity (Wildman–Crippen MR) is 122 cm³/mol. The van der Waals surface area contributed by atoms with E-state index in [9.17, 15) is 4.79 Å². The van der Waals surface area contributed by atoms with Crippen LogP contribution >= 0.6 is 0 Å². The van der Waals surface area contributed by atoms with Crippen LogP contribution in [0.25, 0.3) is 0 Å². The Kier molecular flexibility index (Phi) is 7.95. The third kappa shape index (κ3) is 5.23. The maximum Gasteiger partial charge on any atom is 0.222 e. The molecule has 0 aliphatic carbocycles. The van der Waals surface area contributed by atoms with Crippen molar-refractivity contribution in [3.05, 3.63) is 60.4 Å². The van der Waals surface area contributed by atoms with Gasteiger partial charge in [-0.1, -0.05) is 64.3 Å². The van der Waals surface area contributed by atoms with Crippen LogP contribution in [0, 0.1) is 11.8 Å². The van der Waals surface area contributed by atoms with Gasteiger partial charge in [0.15, 0.2) is 0 Å². The summed E-state index contributed by atoms with van der Waals surface area (Å²) in [5.74, 6) is 0.801. The number of nitrogens with one attached hydrogen (secondary N) is 1. The first-order valence-electron chi connectivity index (χ1n) is 10.9. The number of likely N-dealkylation sites (tertiary alicyclic amines) is 1. The van der Waals surface area contributed by atoms with E-state index in [1.54, 1.807) is 0 Å². The first kappa shape index (κ1) is 23.1. The molecule has 0 radical (unpaired) electrons. The lowest BCUT2D eigenvalue weighted by molar-refractivity contribution is -0.132. The largest absolute Gasteiger partial charge is 0.385 e. The molecular formula is C25H39N3O. The number of likely N-dealkylation sites (N-methyl/N-ethyl adjacent to an activating group) is 1. The van der Waals surface area contributed by atoms with Crippen LogP contribution in [0.4, 0.5) is 0 Å². The summed E-state index contributed by atoms with van der Waals surface area (Å²) in [6.45, 7) is 20.3. The number of benzene rings is 1. The fraction of sp³-hybridized carbons (Fsp3) is 0.560. The van der Waals surface area contributed by atoms with Crippen molar-refractivity contribution in [1.82, 2.24) is 15.1 Å². The Morgan fingerprint density at radius 2 is 1.83 bits per heavy atom. The second-order valence-corrected chi connectivity index (χ2v) is 8.81.